The molecule has 2 aromatic carbocycles. The molecule has 5 heterocycles. The van der Waals surface area contributed by atoms with Gasteiger partial charge in [0.15, 0.2) is 23.0 Å². The van der Waals surface area contributed by atoms with E-state index < -0.39 is 0 Å². The Morgan fingerprint density at radius 1 is 0.231 bits per heavy atom. The lowest BCUT2D eigenvalue weighted by molar-refractivity contribution is 0.258. The summed E-state index contributed by atoms with van der Waals surface area (Å²) in [6, 6.07) is 26.1. The summed E-state index contributed by atoms with van der Waals surface area (Å²) < 4.78 is 26.9. The van der Waals surface area contributed by atoms with E-state index in [1.165, 1.54) is 334 Å². The van der Waals surface area contributed by atoms with Gasteiger partial charge in [0, 0.05) is 33.2 Å². The highest BCUT2D eigenvalue weighted by molar-refractivity contribution is 5.93. The van der Waals surface area contributed by atoms with E-state index in [0.717, 1.165) is 116 Å². The minimum atomic E-state index is 0.668. The molecule has 0 unspecified atom stereocenters. The van der Waals surface area contributed by atoms with Crippen LogP contribution in [-0.2, 0) is 0 Å². The van der Waals surface area contributed by atoms with Crippen molar-refractivity contribution in [3.8, 4) is 45.3 Å². The summed E-state index contributed by atoms with van der Waals surface area (Å²) in [6.45, 7) is 11.9. The number of ether oxygens (including phenoxy) is 4. The number of hydrogen-bond acceptors (Lipinski definition) is 6. The van der Waals surface area contributed by atoms with Crippen LogP contribution in [-0.4, -0.2) is 46.4 Å². The van der Waals surface area contributed by atoms with E-state index in [2.05, 4.69) is 135 Å². The average molecular weight is 1420 g/mol. The van der Waals surface area contributed by atoms with Crippen LogP contribution in [0.15, 0.2) is 72.8 Å². The first-order valence-electron chi connectivity index (χ1n) is 44.5. The third kappa shape index (κ3) is 35.8. The normalized spacial score (nSPS) is 12.0. The van der Waals surface area contributed by atoms with Gasteiger partial charge >= 0.3 is 0 Å². The fourth-order valence-electron chi connectivity index (χ4n) is 15.4. The molecule has 2 N–H and O–H groups in total. The molecule has 3 aromatic heterocycles. The smallest absolute Gasteiger partial charge is 0.161 e. The summed E-state index contributed by atoms with van der Waals surface area (Å²) in [7, 11) is 0. The molecule has 2 aliphatic rings. The van der Waals surface area contributed by atoms with Gasteiger partial charge < -0.3 is 28.9 Å². The molecule has 8 heteroatoms. The molecule has 8 bridgehead atoms. The highest BCUT2D eigenvalue weighted by Gasteiger charge is 2.18. The summed E-state index contributed by atoms with van der Waals surface area (Å²) in [4.78, 5) is 18.4. The second-order valence-electron chi connectivity index (χ2n) is 31.3. The monoisotopic (exact) mass is 1420 g/mol. The molecular formula is C96H150N4O4. The second kappa shape index (κ2) is 56.5. The lowest BCUT2D eigenvalue weighted by Crippen LogP contribution is -2.03. The molecule has 578 valence electrons. The highest BCUT2D eigenvalue weighted by Crippen LogP contribution is 2.40. The first-order valence-corrected chi connectivity index (χ1v) is 44.5. The van der Waals surface area contributed by atoms with Crippen molar-refractivity contribution >= 4 is 46.4 Å². The van der Waals surface area contributed by atoms with Crippen molar-refractivity contribution in [1.29, 1.82) is 0 Å². The molecule has 5 aromatic rings. The Kier molecular flexibility index (Phi) is 46.5. The zero-order valence-corrected chi connectivity index (χ0v) is 67.2. The molecule has 0 radical (unpaired) electrons. The lowest BCUT2D eigenvalue weighted by atomic mass is 10.0. The van der Waals surface area contributed by atoms with Crippen molar-refractivity contribution in [2.24, 2.45) is 0 Å². The summed E-state index contributed by atoms with van der Waals surface area (Å²) in [6.07, 6.45) is 83.5. The first-order chi connectivity index (χ1) is 51.6. The maximum atomic E-state index is 6.80. The van der Waals surface area contributed by atoms with Gasteiger partial charge in [-0.15, -0.1) is 0 Å². The minimum absolute atomic E-state index is 0.668. The van der Waals surface area contributed by atoms with Gasteiger partial charge in [-0.1, -0.05) is 374 Å². The third-order valence-corrected chi connectivity index (χ3v) is 21.9. The number of rotatable bonds is 66. The standard InChI is InChI=1S/C96H150N4O4/c1-5-9-13-17-21-25-29-33-37-41-45-49-53-57-73-101-91-71-61-81(77-93(91)103-75-59-55-51-47-43-39-35-31-27-23-19-15-11-7-3)95-87-67-63-83(97-87)79-85-65-69-89(99-85)96(90-70-66-86(100-90)80-84-64-68-88(95)98-84)82-62-72-92(102-74-58-54-50-46-42-38-34-30-26-22-18-14-10-6-2)94(78-82)104-76-60-56-52-48-44-40-36-32-28-24-20-16-12-8-4/h61-72,77-80,97,100H,5-60,73-76H2,1-4H3. The van der Waals surface area contributed by atoms with E-state index >= 15 is 0 Å². The molecule has 0 amide bonds. The van der Waals surface area contributed by atoms with Gasteiger partial charge in [-0.3, -0.25) is 0 Å². The minimum Gasteiger partial charge on any atom is -0.490 e. The van der Waals surface area contributed by atoms with Gasteiger partial charge in [-0.25, -0.2) is 9.97 Å². The average Bonchev–Trinajstić information content (AvgIpc) is 1.57. The van der Waals surface area contributed by atoms with E-state index in [-0.39, 0.29) is 0 Å². The van der Waals surface area contributed by atoms with Gasteiger partial charge in [0.05, 0.1) is 49.2 Å². The number of H-pyrrole nitrogens is 2. The van der Waals surface area contributed by atoms with E-state index in [1.54, 1.807) is 0 Å². The Morgan fingerprint density at radius 2 is 0.462 bits per heavy atom. The molecule has 8 nitrogen and oxygen atoms in total. The number of unbranched alkanes of at least 4 members (excludes halogenated alkanes) is 52. The molecule has 0 atom stereocenters. The van der Waals surface area contributed by atoms with Crippen LogP contribution in [0.5, 0.6) is 23.0 Å². The Bertz CT molecular complexity index is 3010. The summed E-state index contributed by atoms with van der Waals surface area (Å²) >= 11 is 0. The van der Waals surface area contributed by atoms with Crippen molar-refractivity contribution in [3.05, 3.63) is 95.6 Å². The number of benzene rings is 2. The fourth-order valence-corrected chi connectivity index (χ4v) is 15.4. The predicted octanol–water partition coefficient (Wildman–Crippen LogP) is 31.4. The van der Waals surface area contributed by atoms with Gasteiger partial charge in [-0.05, 0) is 122 Å². The number of nitrogens with one attached hydrogen (secondary N) is 2. The van der Waals surface area contributed by atoms with Crippen LogP contribution in [0.4, 0.5) is 0 Å². The van der Waals surface area contributed by atoms with Crippen molar-refractivity contribution in [2.45, 2.75) is 387 Å². The summed E-state index contributed by atoms with van der Waals surface area (Å²) in [5.74, 6) is 3.27. The largest absolute Gasteiger partial charge is 0.490 e. The second-order valence-corrected chi connectivity index (χ2v) is 31.3. The van der Waals surface area contributed by atoms with Gasteiger partial charge in [0.2, 0.25) is 0 Å². The first kappa shape index (κ1) is 85.5. The van der Waals surface area contributed by atoms with Crippen LogP contribution in [0.1, 0.15) is 410 Å². The molecule has 2 aliphatic heterocycles. The quantitative estimate of drug-likeness (QED) is 0.0369. The SMILES string of the molecule is CCCCCCCCCCCCCCCCOc1ccc(-c2c3nc(cc4ccc([nH]4)c(-c4ccc(OCCCCCCCCCCCCCCCC)c(OCCCCCCCCCCCCCCCC)c4)c4nc(cc5ccc2[nH]5)C=C4)C=C3)cc1OCCCCCCCCCCCCCCCC. The maximum absolute atomic E-state index is 6.80. The molecule has 0 fully saturated rings. The Labute approximate surface area is 636 Å². The fraction of sp³-hybridized carbons (Fsp3) is 0.667. The zero-order valence-electron chi connectivity index (χ0n) is 67.2. The van der Waals surface area contributed by atoms with Crippen LogP contribution in [0.3, 0.4) is 0 Å². The Hall–Kier alpha value is -5.76. The van der Waals surface area contributed by atoms with Gasteiger partial charge in [0.1, 0.15) is 0 Å². The van der Waals surface area contributed by atoms with Gasteiger partial charge in [0.25, 0.3) is 0 Å². The van der Waals surface area contributed by atoms with Crippen LogP contribution >= 0.6 is 0 Å². The number of aromatic nitrogens is 4. The van der Waals surface area contributed by atoms with E-state index in [9.17, 15) is 0 Å². The zero-order chi connectivity index (χ0) is 72.6. The van der Waals surface area contributed by atoms with E-state index in [4.69, 9.17) is 28.9 Å². The summed E-state index contributed by atoms with van der Waals surface area (Å²) in [5, 5.41) is 0. The van der Waals surface area contributed by atoms with Crippen molar-refractivity contribution in [3.63, 3.8) is 0 Å². The molecule has 104 heavy (non-hydrogen) atoms. The lowest BCUT2D eigenvalue weighted by Gasteiger charge is -2.15. The number of aromatic amines is 2. The highest BCUT2D eigenvalue weighted by atomic mass is 16.5. The van der Waals surface area contributed by atoms with Crippen LogP contribution < -0.4 is 18.9 Å². The molecular weight excluding hydrogens is 1270 g/mol. The molecule has 0 saturated heterocycles. The topological polar surface area (TPSA) is 94.3 Å². The van der Waals surface area contributed by atoms with Crippen molar-refractivity contribution < 1.29 is 18.9 Å². The number of fused-ring (bicyclic) bond motifs is 8. The Morgan fingerprint density at radius 3 is 0.712 bits per heavy atom. The van der Waals surface area contributed by atoms with Crippen LogP contribution in [0.2, 0.25) is 0 Å². The van der Waals surface area contributed by atoms with Crippen LogP contribution in [0, 0.1) is 0 Å². The van der Waals surface area contributed by atoms with Crippen molar-refractivity contribution in [2.75, 3.05) is 26.4 Å². The number of nitrogens with zero attached hydrogens (tertiary/aromatic N) is 2. The van der Waals surface area contributed by atoms with Crippen molar-refractivity contribution in [1.82, 2.24) is 19.9 Å². The molecule has 0 aliphatic carbocycles. The summed E-state index contributed by atoms with van der Waals surface area (Å²) in [5.41, 5.74) is 11.6. The third-order valence-electron chi connectivity index (χ3n) is 21.9. The van der Waals surface area contributed by atoms with E-state index in [1.807, 2.05) is 0 Å². The van der Waals surface area contributed by atoms with Gasteiger partial charge in [-0.2, -0.15) is 0 Å². The molecule has 7 rings (SSSR count). The predicted molar refractivity (Wildman–Crippen MR) is 453 cm³/mol. The van der Waals surface area contributed by atoms with Crippen LogP contribution in [0.25, 0.3) is 68.6 Å². The number of hydrogen-bond donors (Lipinski definition) is 2. The molecule has 0 spiro atoms. The molecule has 0 saturated carbocycles. The Balaban J connectivity index is 1.04. The van der Waals surface area contributed by atoms with E-state index in [0.29, 0.717) is 26.4 Å². The maximum Gasteiger partial charge on any atom is 0.161 e.